The molecular weight excluding hydrogens is 128 g/mol. The molecule has 0 spiro atoms. The van der Waals surface area contributed by atoms with Gasteiger partial charge >= 0.3 is 0 Å². The summed E-state index contributed by atoms with van der Waals surface area (Å²) >= 11 is 0. The molecule has 0 aliphatic carbocycles. The van der Waals surface area contributed by atoms with Gasteiger partial charge in [-0.15, -0.1) is 5.11 Å². The highest BCUT2D eigenvalue weighted by atomic mass is 16.6. The summed E-state index contributed by atoms with van der Waals surface area (Å²) in [6, 6.07) is 9.41. The SMILES string of the molecule is CO/N=N/c1ccccc1. The van der Waals surface area contributed by atoms with Crippen LogP contribution in [0.2, 0.25) is 0 Å². The first-order valence-corrected chi connectivity index (χ1v) is 2.93. The van der Waals surface area contributed by atoms with Gasteiger partial charge in [-0.2, -0.15) is 0 Å². The van der Waals surface area contributed by atoms with Gasteiger partial charge in [-0.3, -0.25) is 0 Å². The van der Waals surface area contributed by atoms with Gasteiger partial charge in [0, 0.05) is 5.28 Å². The molecule has 10 heavy (non-hydrogen) atoms. The first-order valence-electron chi connectivity index (χ1n) is 2.93. The second kappa shape index (κ2) is 3.61. The van der Waals surface area contributed by atoms with Crippen molar-refractivity contribution in [3.8, 4) is 0 Å². The minimum atomic E-state index is 0.796. The van der Waals surface area contributed by atoms with E-state index in [2.05, 4.69) is 15.2 Å². The first kappa shape index (κ1) is 6.74. The van der Waals surface area contributed by atoms with Gasteiger partial charge in [0.2, 0.25) is 0 Å². The van der Waals surface area contributed by atoms with Gasteiger partial charge in [0.15, 0.2) is 0 Å². The Kier molecular flexibility index (Phi) is 2.43. The quantitative estimate of drug-likeness (QED) is 0.453. The predicted octanol–water partition coefficient (Wildman–Crippen LogP) is 2.33. The Balaban J connectivity index is 2.67. The van der Waals surface area contributed by atoms with Crippen molar-refractivity contribution in [1.29, 1.82) is 0 Å². The summed E-state index contributed by atoms with van der Waals surface area (Å²) in [4.78, 5) is 4.40. The Morgan fingerprint density at radius 2 is 1.90 bits per heavy atom. The summed E-state index contributed by atoms with van der Waals surface area (Å²) in [5, 5.41) is 7.09. The molecule has 0 N–H and O–H groups in total. The number of benzene rings is 1. The summed E-state index contributed by atoms with van der Waals surface area (Å²) in [6.45, 7) is 0. The Morgan fingerprint density at radius 1 is 1.20 bits per heavy atom. The van der Waals surface area contributed by atoms with Gasteiger partial charge in [0.1, 0.15) is 7.11 Å². The molecule has 0 aromatic heterocycles. The molecule has 0 amide bonds. The molecule has 0 radical (unpaired) electrons. The van der Waals surface area contributed by atoms with Gasteiger partial charge < -0.3 is 4.84 Å². The van der Waals surface area contributed by atoms with Gasteiger partial charge in [0.25, 0.3) is 0 Å². The Morgan fingerprint density at radius 3 is 2.50 bits per heavy atom. The zero-order valence-electron chi connectivity index (χ0n) is 5.69. The van der Waals surface area contributed by atoms with Crippen molar-refractivity contribution in [2.24, 2.45) is 10.4 Å². The van der Waals surface area contributed by atoms with E-state index < -0.39 is 0 Å². The predicted molar refractivity (Wildman–Crippen MR) is 38.0 cm³/mol. The van der Waals surface area contributed by atoms with Crippen LogP contribution >= 0.6 is 0 Å². The minimum absolute atomic E-state index is 0.796. The maximum atomic E-state index is 4.40. The highest BCUT2D eigenvalue weighted by molar-refractivity contribution is 5.34. The standard InChI is InChI=1S/C7H8N2O/c1-10-9-8-7-5-3-2-4-6-7/h2-6H,1H3/b9-8+. The third-order valence-corrected chi connectivity index (χ3v) is 0.994. The molecule has 1 rings (SSSR count). The minimum Gasteiger partial charge on any atom is -0.383 e. The van der Waals surface area contributed by atoms with E-state index in [1.165, 1.54) is 7.11 Å². The zero-order valence-corrected chi connectivity index (χ0v) is 5.69. The van der Waals surface area contributed by atoms with Crippen molar-refractivity contribution >= 4 is 5.69 Å². The van der Waals surface area contributed by atoms with Crippen LogP contribution in [0.15, 0.2) is 40.7 Å². The second-order valence-corrected chi connectivity index (χ2v) is 1.70. The number of hydrogen-bond acceptors (Lipinski definition) is 3. The summed E-state index contributed by atoms with van der Waals surface area (Å²) in [5.41, 5.74) is 0.796. The third-order valence-electron chi connectivity index (χ3n) is 0.994. The molecule has 1 aromatic carbocycles. The van der Waals surface area contributed by atoms with E-state index >= 15 is 0 Å². The summed E-state index contributed by atoms with van der Waals surface area (Å²) < 4.78 is 0. The summed E-state index contributed by atoms with van der Waals surface area (Å²) in [5.74, 6) is 0. The molecule has 3 heteroatoms. The van der Waals surface area contributed by atoms with E-state index in [0.717, 1.165) is 5.69 Å². The molecular formula is C7H8N2O. The topological polar surface area (TPSA) is 34.0 Å². The van der Waals surface area contributed by atoms with E-state index in [1.54, 1.807) is 0 Å². The molecule has 0 aliphatic heterocycles. The Labute approximate surface area is 59.3 Å². The van der Waals surface area contributed by atoms with Crippen molar-refractivity contribution in [3.63, 3.8) is 0 Å². The molecule has 0 saturated carbocycles. The van der Waals surface area contributed by atoms with Gasteiger partial charge in [-0.25, -0.2) is 0 Å². The average Bonchev–Trinajstić information content (AvgIpc) is 2.03. The van der Waals surface area contributed by atoms with Crippen LogP contribution in [-0.4, -0.2) is 7.11 Å². The monoisotopic (exact) mass is 136 g/mol. The molecule has 0 heterocycles. The maximum absolute atomic E-state index is 4.40. The molecule has 3 nitrogen and oxygen atoms in total. The molecule has 0 atom stereocenters. The number of rotatable bonds is 2. The lowest BCUT2D eigenvalue weighted by molar-refractivity contribution is 0.190. The normalized spacial score (nSPS) is 10.1. The molecule has 0 fully saturated rings. The van der Waals surface area contributed by atoms with E-state index in [0.29, 0.717) is 0 Å². The smallest absolute Gasteiger partial charge is 0.108 e. The van der Waals surface area contributed by atoms with Gasteiger partial charge in [-0.05, 0) is 12.1 Å². The van der Waals surface area contributed by atoms with E-state index in [9.17, 15) is 0 Å². The van der Waals surface area contributed by atoms with Crippen LogP contribution in [0.5, 0.6) is 0 Å². The van der Waals surface area contributed by atoms with Crippen molar-refractivity contribution in [2.75, 3.05) is 7.11 Å². The van der Waals surface area contributed by atoms with Crippen molar-refractivity contribution < 1.29 is 4.84 Å². The highest BCUT2D eigenvalue weighted by Gasteiger charge is 1.81. The Hall–Kier alpha value is -1.38. The molecule has 1 aromatic rings. The molecule has 52 valence electrons. The summed E-state index contributed by atoms with van der Waals surface area (Å²) in [7, 11) is 1.46. The first-order chi connectivity index (χ1) is 4.93. The number of nitrogens with zero attached hydrogens (tertiary/aromatic N) is 2. The third kappa shape index (κ3) is 1.85. The van der Waals surface area contributed by atoms with Crippen LogP contribution < -0.4 is 0 Å². The van der Waals surface area contributed by atoms with E-state index in [1.807, 2.05) is 30.3 Å². The lowest BCUT2D eigenvalue weighted by Gasteiger charge is -1.87. The molecule has 0 bridgehead atoms. The fraction of sp³-hybridized carbons (Fsp3) is 0.143. The fourth-order valence-corrected chi connectivity index (χ4v) is 0.583. The van der Waals surface area contributed by atoms with Crippen LogP contribution in [0, 0.1) is 0 Å². The molecule has 0 aliphatic rings. The highest BCUT2D eigenvalue weighted by Crippen LogP contribution is 2.09. The molecule has 0 saturated heterocycles. The number of hydrogen-bond donors (Lipinski definition) is 0. The molecule has 0 unspecified atom stereocenters. The van der Waals surface area contributed by atoms with Crippen molar-refractivity contribution in [3.05, 3.63) is 30.3 Å². The maximum Gasteiger partial charge on any atom is 0.108 e. The zero-order chi connectivity index (χ0) is 7.23. The van der Waals surface area contributed by atoms with Crippen LogP contribution in [0.1, 0.15) is 0 Å². The van der Waals surface area contributed by atoms with Crippen LogP contribution in [0.3, 0.4) is 0 Å². The van der Waals surface area contributed by atoms with Gasteiger partial charge in [0.05, 0.1) is 5.69 Å². The largest absolute Gasteiger partial charge is 0.383 e. The lowest BCUT2D eigenvalue weighted by atomic mass is 10.3. The lowest BCUT2D eigenvalue weighted by Crippen LogP contribution is -1.63. The van der Waals surface area contributed by atoms with Crippen molar-refractivity contribution in [2.45, 2.75) is 0 Å². The second-order valence-electron chi connectivity index (χ2n) is 1.70. The van der Waals surface area contributed by atoms with Crippen LogP contribution in [-0.2, 0) is 4.84 Å². The van der Waals surface area contributed by atoms with Crippen molar-refractivity contribution in [1.82, 2.24) is 0 Å². The fourth-order valence-electron chi connectivity index (χ4n) is 0.583. The van der Waals surface area contributed by atoms with E-state index in [-0.39, 0.29) is 0 Å². The summed E-state index contributed by atoms with van der Waals surface area (Å²) in [6.07, 6.45) is 0. The van der Waals surface area contributed by atoms with Gasteiger partial charge in [-0.1, -0.05) is 18.2 Å². The average molecular weight is 136 g/mol. The van der Waals surface area contributed by atoms with Crippen LogP contribution in [0.25, 0.3) is 0 Å². The van der Waals surface area contributed by atoms with E-state index in [4.69, 9.17) is 0 Å². The Bertz CT molecular complexity index is 208. The van der Waals surface area contributed by atoms with Crippen LogP contribution in [0.4, 0.5) is 5.69 Å².